The number of carboxylic acids is 1. The summed E-state index contributed by atoms with van der Waals surface area (Å²) in [4.78, 5) is 24.4. The van der Waals surface area contributed by atoms with Crippen LogP contribution in [-0.4, -0.2) is 103 Å². The SMILES string of the molecule is CC(=O)O.O=C(Nc1ccccc1-c1cn([C@@H]2OC[C@@H](O)[C@H](O)[C@H]2O)nn1)c1ccc(OCCN2CCCCC2)cc1. The lowest BCUT2D eigenvalue weighted by Crippen LogP contribution is -2.50. The van der Waals surface area contributed by atoms with Gasteiger partial charge in [0.15, 0.2) is 6.23 Å². The highest BCUT2D eigenvalue weighted by molar-refractivity contribution is 6.06. The number of carbonyl (C=O) groups is 2. The molecule has 13 nitrogen and oxygen atoms in total. The fraction of sp³-hybridized carbons (Fsp3) is 0.448. The number of amides is 1. The Balaban J connectivity index is 0.000000952. The number of hydrogen-bond acceptors (Lipinski definition) is 10. The number of ether oxygens (including phenoxy) is 2. The molecule has 0 spiro atoms. The summed E-state index contributed by atoms with van der Waals surface area (Å²) in [6.07, 6.45) is 0.440. The third-order valence-electron chi connectivity index (χ3n) is 6.94. The molecule has 2 fully saturated rings. The number of hydrogen-bond donors (Lipinski definition) is 5. The number of carbonyl (C=O) groups excluding carboxylic acids is 1. The number of anilines is 1. The van der Waals surface area contributed by atoms with Crippen LogP contribution in [0.5, 0.6) is 5.75 Å². The average Bonchev–Trinajstić information content (AvgIpc) is 3.47. The van der Waals surface area contributed by atoms with Crippen LogP contribution in [0.4, 0.5) is 5.69 Å². The van der Waals surface area contributed by atoms with E-state index < -0.39 is 30.5 Å². The largest absolute Gasteiger partial charge is 0.492 e. The van der Waals surface area contributed by atoms with Gasteiger partial charge in [0.2, 0.25) is 0 Å². The molecule has 1 amide bonds. The van der Waals surface area contributed by atoms with Crippen molar-refractivity contribution < 1.29 is 39.5 Å². The summed E-state index contributed by atoms with van der Waals surface area (Å²) in [5.41, 5.74) is 2.08. The molecule has 2 aliphatic heterocycles. The van der Waals surface area contributed by atoms with Crippen molar-refractivity contribution in [3.8, 4) is 17.0 Å². The van der Waals surface area contributed by atoms with Gasteiger partial charge in [0.1, 0.15) is 36.4 Å². The number of benzene rings is 2. The Kier molecular flexibility index (Phi) is 11.0. The highest BCUT2D eigenvalue weighted by Gasteiger charge is 2.39. The molecule has 3 aromatic rings. The molecule has 13 heteroatoms. The first-order valence-corrected chi connectivity index (χ1v) is 13.9. The van der Waals surface area contributed by atoms with Gasteiger partial charge in [-0.25, -0.2) is 4.68 Å². The summed E-state index contributed by atoms with van der Waals surface area (Å²) in [6, 6.07) is 14.2. The number of aliphatic hydroxyl groups excluding tert-OH is 3. The first-order chi connectivity index (χ1) is 20.2. The van der Waals surface area contributed by atoms with E-state index in [0.29, 0.717) is 29.1 Å². The number of aliphatic hydroxyl groups is 3. The fourth-order valence-electron chi connectivity index (χ4n) is 4.74. The Morgan fingerprint density at radius 3 is 2.43 bits per heavy atom. The highest BCUT2D eigenvalue weighted by atomic mass is 16.5. The van der Waals surface area contributed by atoms with Gasteiger partial charge in [-0.15, -0.1) is 5.10 Å². The summed E-state index contributed by atoms with van der Waals surface area (Å²) in [6.45, 7) is 4.71. The summed E-state index contributed by atoms with van der Waals surface area (Å²) >= 11 is 0. The lowest BCUT2D eigenvalue weighted by Gasteiger charge is -2.34. The lowest BCUT2D eigenvalue weighted by atomic mass is 10.0. The van der Waals surface area contributed by atoms with Crippen molar-refractivity contribution in [2.45, 2.75) is 50.7 Å². The number of aromatic nitrogens is 3. The van der Waals surface area contributed by atoms with E-state index >= 15 is 0 Å². The van der Waals surface area contributed by atoms with Crippen LogP contribution in [0.25, 0.3) is 11.3 Å². The number of likely N-dealkylation sites (tertiary alicyclic amines) is 1. The molecule has 5 N–H and O–H groups in total. The minimum atomic E-state index is -1.38. The summed E-state index contributed by atoms with van der Waals surface area (Å²) in [5.74, 6) is -0.395. The van der Waals surface area contributed by atoms with Crippen LogP contribution in [0.1, 0.15) is 42.8 Å². The minimum Gasteiger partial charge on any atom is -0.492 e. The van der Waals surface area contributed by atoms with E-state index in [9.17, 15) is 20.1 Å². The van der Waals surface area contributed by atoms with Crippen LogP contribution < -0.4 is 10.1 Å². The maximum absolute atomic E-state index is 13.0. The topological polar surface area (TPSA) is 179 Å². The molecule has 0 saturated carbocycles. The molecule has 42 heavy (non-hydrogen) atoms. The monoisotopic (exact) mass is 583 g/mol. The first kappa shape index (κ1) is 31.1. The van der Waals surface area contributed by atoms with Crippen LogP contribution in [0.2, 0.25) is 0 Å². The van der Waals surface area contributed by atoms with Crippen molar-refractivity contribution >= 4 is 17.6 Å². The highest BCUT2D eigenvalue weighted by Crippen LogP contribution is 2.29. The molecule has 0 unspecified atom stereocenters. The van der Waals surface area contributed by atoms with E-state index in [4.69, 9.17) is 19.4 Å². The molecule has 3 heterocycles. The van der Waals surface area contributed by atoms with Gasteiger partial charge in [-0.05, 0) is 56.3 Å². The van der Waals surface area contributed by atoms with Gasteiger partial charge in [0, 0.05) is 24.6 Å². The van der Waals surface area contributed by atoms with Crippen LogP contribution in [0.3, 0.4) is 0 Å². The Morgan fingerprint density at radius 1 is 1.02 bits per heavy atom. The summed E-state index contributed by atoms with van der Waals surface area (Å²) in [5, 5.41) is 48.5. The zero-order valence-electron chi connectivity index (χ0n) is 23.4. The summed E-state index contributed by atoms with van der Waals surface area (Å²) in [7, 11) is 0. The Hall–Kier alpha value is -3.88. The van der Waals surface area contributed by atoms with E-state index in [1.807, 2.05) is 6.07 Å². The van der Waals surface area contributed by atoms with Gasteiger partial charge in [-0.3, -0.25) is 14.5 Å². The van der Waals surface area contributed by atoms with Crippen molar-refractivity contribution in [3.05, 3.63) is 60.3 Å². The Labute approximate surface area is 243 Å². The molecule has 2 aliphatic rings. The van der Waals surface area contributed by atoms with Crippen LogP contribution in [0, 0.1) is 0 Å². The number of aliphatic carboxylic acids is 1. The predicted octanol–water partition coefficient (Wildman–Crippen LogP) is 1.76. The molecule has 2 saturated heterocycles. The van der Waals surface area contributed by atoms with Gasteiger partial charge < -0.3 is 35.2 Å². The average molecular weight is 584 g/mol. The summed E-state index contributed by atoms with van der Waals surface area (Å²) < 4.78 is 12.6. The van der Waals surface area contributed by atoms with E-state index in [1.54, 1.807) is 48.7 Å². The van der Waals surface area contributed by atoms with Crippen molar-refractivity contribution in [2.24, 2.45) is 0 Å². The number of nitrogens with one attached hydrogen (secondary N) is 1. The third-order valence-corrected chi connectivity index (χ3v) is 6.94. The molecule has 5 rings (SSSR count). The zero-order chi connectivity index (χ0) is 30.1. The fourth-order valence-corrected chi connectivity index (χ4v) is 4.74. The molecule has 0 aliphatic carbocycles. The van der Waals surface area contributed by atoms with Crippen molar-refractivity contribution in [1.29, 1.82) is 0 Å². The molecule has 0 bridgehead atoms. The zero-order valence-corrected chi connectivity index (χ0v) is 23.4. The molecular formula is C29H37N5O8. The standard InChI is InChI=1S/C27H33N5O6.C2H4O2/c33-23-17-38-27(25(35)24(23)34)32-16-22(29-30-32)20-6-2-3-7-21(20)28-26(36)18-8-10-19(11-9-18)37-15-14-31-12-4-1-5-13-31;1-2(3)4/h2-3,6-11,16,23-25,27,33-35H,1,4-5,12-15,17H2,(H,28,36);1H3,(H,3,4)/t23-,24+,25-,27-;/m1./s1. The number of carboxylic acid groups (broad SMARTS) is 1. The molecule has 4 atom stereocenters. The second-order valence-corrected chi connectivity index (χ2v) is 10.2. The molecular weight excluding hydrogens is 546 g/mol. The second-order valence-electron chi connectivity index (χ2n) is 10.2. The van der Waals surface area contributed by atoms with E-state index in [1.165, 1.54) is 23.9 Å². The minimum absolute atomic E-state index is 0.146. The van der Waals surface area contributed by atoms with Crippen molar-refractivity contribution in [3.63, 3.8) is 0 Å². The molecule has 2 aromatic carbocycles. The first-order valence-electron chi connectivity index (χ1n) is 13.9. The van der Waals surface area contributed by atoms with E-state index in [0.717, 1.165) is 32.3 Å². The van der Waals surface area contributed by atoms with Crippen LogP contribution in [-0.2, 0) is 9.53 Å². The normalized spacial score (nSPS) is 22.5. The number of para-hydroxylation sites is 1. The van der Waals surface area contributed by atoms with Crippen molar-refractivity contribution in [1.82, 2.24) is 19.9 Å². The van der Waals surface area contributed by atoms with Gasteiger partial charge in [-0.2, -0.15) is 0 Å². The molecule has 0 radical (unpaired) electrons. The predicted molar refractivity (Wildman–Crippen MR) is 152 cm³/mol. The number of rotatable bonds is 8. The van der Waals surface area contributed by atoms with Crippen molar-refractivity contribution in [2.75, 3.05) is 38.2 Å². The van der Waals surface area contributed by atoms with Gasteiger partial charge in [-0.1, -0.05) is 29.8 Å². The Bertz CT molecular complexity index is 1310. The van der Waals surface area contributed by atoms with Crippen LogP contribution in [0.15, 0.2) is 54.7 Å². The second kappa shape index (κ2) is 14.8. The lowest BCUT2D eigenvalue weighted by molar-refractivity contribution is -0.214. The number of piperidine rings is 1. The maximum Gasteiger partial charge on any atom is 0.300 e. The van der Waals surface area contributed by atoms with Gasteiger partial charge >= 0.3 is 0 Å². The van der Waals surface area contributed by atoms with E-state index in [2.05, 4.69) is 20.5 Å². The number of nitrogens with zero attached hydrogens (tertiary/aromatic N) is 4. The smallest absolute Gasteiger partial charge is 0.300 e. The third kappa shape index (κ3) is 8.33. The quantitative estimate of drug-likeness (QED) is 0.261. The van der Waals surface area contributed by atoms with Crippen LogP contribution >= 0.6 is 0 Å². The van der Waals surface area contributed by atoms with Gasteiger partial charge in [0.05, 0.1) is 18.5 Å². The molecule has 226 valence electrons. The maximum atomic E-state index is 13.0. The Morgan fingerprint density at radius 2 is 1.71 bits per heavy atom. The van der Waals surface area contributed by atoms with E-state index in [-0.39, 0.29) is 12.5 Å². The molecule has 1 aromatic heterocycles. The van der Waals surface area contributed by atoms with Gasteiger partial charge in [0.25, 0.3) is 11.9 Å².